The van der Waals surface area contributed by atoms with Crippen molar-refractivity contribution in [2.75, 3.05) is 19.7 Å². The van der Waals surface area contributed by atoms with E-state index in [0.29, 0.717) is 6.54 Å². The molecule has 1 aliphatic rings. The summed E-state index contributed by atoms with van der Waals surface area (Å²) in [6.45, 7) is 8.52. The number of carbonyl (C=O) groups excluding carboxylic acids is 1. The number of likely N-dealkylation sites (N-methyl/N-ethyl adjacent to an activating group) is 1. The number of hydrogen-bond acceptors (Lipinski definition) is 3. The van der Waals surface area contributed by atoms with Gasteiger partial charge in [-0.2, -0.15) is 0 Å². The average molecular weight is 341 g/mol. The van der Waals surface area contributed by atoms with Crippen LogP contribution >= 0.6 is 12.4 Å². The Balaban J connectivity index is 0.00000264. The summed E-state index contributed by atoms with van der Waals surface area (Å²) in [5, 5.41) is 6.37. The number of nitrogens with one attached hydrogen (secondary N) is 2. The lowest BCUT2D eigenvalue weighted by Crippen LogP contribution is -2.43. The van der Waals surface area contributed by atoms with Crippen molar-refractivity contribution < 1.29 is 9.53 Å². The first-order chi connectivity index (χ1) is 10.6. The number of hydrogen-bond donors (Lipinski definition) is 2. The molecular formula is C18H29ClN2O2. The molecule has 1 fully saturated rings. The highest BCUT2D eigenvalue weighted by Crippen LogP contribution is 2.33. The SMILES string of the molecule is CCN[C@H](C)CNC(=O)C1CCCOC1c1ccc(C)cc1.Cl. The molecule has 2 rings (SSSR count). The van der Waals surface area contributed by atoms with Crippen LogP contribution in [0.15, 0.2) is 24.3 Å². The van der Waals surface area contributed by atoms with E-state index in [4.69, 9.17) is 4.74 Å². The van der Waals surface area contributed by atoms with Crippen LogP contribution in [0.2, 0.25) is 0 Å². The Morgan fingerprint density at radius 2 is 2.04 bits per heavy atom. The third-order valence-electron chi connectivity index (χ3n) is 4.20. The Bertz CT molecular complexity index is 478. The van der Waals surface area contributed by atoms with Crippen molar-refractivity contribution >= 4 is 18.3 Å². The smallest absolute Gasteiger partial charge is 0.226 e. The van der Waals surface area contributed by atoms with Crippen molar-refractivity contribution in [1.82, 2.24) is 10.6 Å². The zero-order valence-corrected chi connectivity index (χ0v) is 15.1. The Morgan fingerprint density at radius 3 is 2.70 bits per heavy atom. The van der Waals surface area contributed by atoms with Crippen LogP contribution in [-0.4, -0.2) is 31.6 Å². The summed E-state index contributed by atoms with van der Waals surface area (Å²) in [6.07, 6.45) is 1.71. The molecule has 0 radical (unpaired) electrons. The highest BCUT2D eigenvalue weighted by Gasteiger charge is 2.32. The average Bonchev–Trinajstić information content (AvgIpc) is 2.54. The van der Waals surface area contributed by atoms with Crippen LogP contribution in [0.4, 0.5) is 0 Å². The van der Waals surface area contributed by atoms with E-state index in [9.17, 15) is 4.79 Å². The topological polar surface area (TPSA) is 50.4 Å². The van der Waals surface area contributed by atoms with E-state index in [-0.39, 0.29) is 36.4 Å². The Morgan fingerprint density at radius 1 is 1.35 bits per heavy atom. The number of ether oxygens (including phenoxy) is 1. The number of amides is 1. The van der Waals surface area contributed by atoms with Gasteiger partial charge in [-0.25, -0.2) is 0 Å². The minimum atomic E-state index is -0.121. The molecule has 0 aliphatic carbocycles. The molecule has 1 aromatic carbocycles. The van der Waals surface area contributed by atoms with Crippen molar-refractivity contribution in [2.24, 2.45) is 5.92 Å². The van der Waals surface area contributed by atoms with Crippen LogP contribution < -0.4 is 10.6 Å². The van der Waals surface area contributed by atoms with Crippen LogP contribution in [-0.2, 0) is 9.53 Å². The van der Waals surface area contributed by atoms with Crippen LogP contribution in [0, 0.1) is 12.8 Å². The Hall–Kier alpha value is -1.10. The second kappa shape index (κ2) is 9.91. The Labute approximate surface area is 145 Å². The van der Waals surface area contributed by atoms with Crippen LogP contribution in [0.5, 0.6) is 0 Å². The molecule has 2 unspecified atom stereocenters. The molecule has 1 amide bonds. The monoisotopic (exact) mass is 340 g/mol. The van der Waals surface area contributed by atoms with Crippen LogP contribution in [0.3, 0.4) is 0 Å². The van der Waals surface area contributed by atoms with Gasteiger partial charge >= 0.3 is 0 Å². The molecule has 0 saturated carbocycles. The first-order valence-corrected chi connectivity index (χ1v) is 8.31. The zero-order chi connectivity index (χ0) is 15.9. The van der Waals surface area contributed by atoms with Crippen molar-refractivity contribution in [3.63, 3.8) is 0 Å². The lowest BCUT2D eigenvalue weighted by molar-refractivity contribution is -0.134. The van der Waals surface area contributed by atoms with Crippen molar-refractivity contribution in [1.29, 1.82) is 0 Å². The van der Waals surface area contributed by atoms with Gasteiger partial charge in [0.2, 0.25) is 5.91 Å². The summed E-state index contributed by atoms with van der Waals surface area (Å²) >= 11 is 0. The predicted molar refractivity (Wildman–Crippen MR) is 96.0 cm³/mol. The van der Waals surface area contributed by atoms with Gasteiger partial charge in [0.15, 0.2) is 0 Å². The molecule has 0 aromatic heterocycles. The van der Waals surface area contributed by atoms with Gasteiger partial charge in [-0.15, -0.1) is 12.4 Å². The lowest BCUT2D eigenvalue weighted by Gasteiger charge is -2.31. The maximum absolute atomic E-state index is 12.5. The van der Waals surface area contributed by atoms with E-state index < -0.39 is 0 Å². The van der Waals surface area contributed by atoms with E-state index in [1.165, 1.54) is 5.56 Å². The molecule has 1 heterocycles. The number of halogens is 1. The molecule has 1 saturated heterocycles. The summed E-state index contributed by atoms with van der Waals surface area (Å²) < 4.78 is 5.92. The highest BCUT2D eigenvalue weighted by molar-refractivity contribution is 5.85. The fraction of sp³-hybridized carbons (Fsp3) is 0.611. The highest BCUT2D eigenvalue weighted by atomic mass is 35.5. The van der Waals surface area contributed by atoms with Crippen molar-refractivity contribution in [3.8, 4) is 0 Å². The standard InChI is InChI=1S/C18H28N2O2.ClH/c1-4-19-14(3)12-20-18(21)16-6-5-11-22-17(16)15-9-7-13(2)8-10-15;/h7-10,14,16-17,19H,4-6,11-12H2,1-3H3,(H,20,21);1H/t14-,16?,17?;/m1./s1. The molecule has 130 valence electrons. The number of carbonyl (C=O) groups is 1. The summed E-state index contributed by atoms with van der Waals surface area (Å²) in [6, 6.07) is 8.60. The summed E-state index contributed by atoms with van der Waals surface area (Å²) in [7, 11) is 0. The van der Waals surface area contributed by atoms with Crippen molar-refractivity contribution in [2.45, 2.75) is 45.8 Å². The molecule has 23 heavy (non-hydrogen) atoms. The summed E-state index contributed by atoms with van der Waals surface area (Å²) in [4.78, 5) is 12.5. The zero-order valence-electron chi connectivity index (χ0n) is 14.3. The van der Waals surface area contributed by atoms with E-state index >= 15 is 0 Å². The molecule has 3 atom stereocenters. The number of rotatable bonds is 6. The third kappa shape index (κ3) is 5.79. The molecule has 5 heteroatoms. The molecular weight excluding hydrogens is 312 g/mol. The normalized spacial score (nSPS) is 22.0. The maximum atomic E-state index is 12.5. The van der Waals surface area contributed by atoms with E-state index in [1.54, 1.807) is 0 Å². The number of benzene rings is 1. The van der Waals surface area contributed by atoms with Crippen molar-refractivity contribution in [3.05, 3.63) is 35.4 Å². The van der Waals surface area contributed by atoms with Gasteiger partial charge in [-0.3, -0.25) is 4.79 Å². The predicted octanol–water partition coefficient (Wildman–Crippen LogP) is 3.00. The second-order valence-corrected chi connectivity index (χ2v) is 6.15. The van der Waals surface area contributed by atoms with Gasteiger partial charge < -0.3 is 15.4 Å². The molecule has 1 aromatic rings. The fourth-order valence-corrected chi connectivity index (χ4v) is 2.94. The van der Waals surface area contributed by atoms with Gasteiger partial charge in [0, 0.05) is 19.2 Å². The minimum absolute atomic E-state index is 0. The molecule has 1 aliphatic heterocycles. The minimum Gasteiger partial charge on any atom is -0.373 e. The fourth-order valence-electron chi connectivity index (χ4n) is 2.94. The molecule has 0 spiro atoms. The molecule has 2 N–H and O–H groups in total. The second-order valence-electron chi connectivity index (χ2n) is 6.15. The van der Waals surface area contributed by atoms with Gasteiger partial charge in [0.05, 0.1) is 12.0 Å². The maximum Gasteiger partial charge on any atom is 0.226 e. The van der Waals surface area contributed by atoms with Crippen LogP contribution in [0.1, 0.15) is 43.9 Å². The van der Waals surface area contributed by atoms with E-state index in [2.05, 4.69) is 55.7 Å². The van der Waals surface area contributed by atoms with E-state index in [1.807, 2.05) is 0 Å². The lowest BCUT2D eigenvalue weighted by atomic mass is 9.88. The third-order valence-corrected chi connectivity index (χ3v) is 4.20. The van der Waals surface area contributed by atoms with Gasteiger partial charge in [-0.1, -0.05) is 36.8 Å². The first-order valence-electron chi connectivity index (χ1n) is 8.31. The Kier molecular flexibility index (Phi) is 8.59. The molecule has 0 bridgehead atoms. The largest absolute Gasteiger partial charge is 0.373 e. The van der Waals surface area contributed by atoms with Gasteiger partial charge in [0.25, 0.3) is 0 Å². The molecule has 4 nitrogen and oxygen atoms in total. The summed E-state index contributed by atoms with van der Waals surface area (Å²) in [5.41, 5.74) is 2.32. The van der Waals surface area contributed by atoms with E-state index in [0.717, 1.165) is 31.6 Å². The van der Waals surface area contributed by atoms with Gasteiger partial charge in [0.1, 0.15) is 0 Å². The van der Waals surface area contributed by atoms with Crippen LogP contribution in [0.25, 0.3) is 0 Å². The quantitative estimate of drug-likeness (QED) is 0.837. The number of aryl methyl sites for hydroxylation is 1. The first kappa shape index (κ1) is 19.9. The van der Waals surface area contributed by atoms with Gasteiger partial charge in [-0.05, 0) is 38.8 Å². The summed E-state index contributed by atoms with van der Waals surface area (Å²) in [5.74, 6) is 0.0142.